The zero-order chi connectivity index (χ0) is 13.1. The molecule has 1 N–H and O–H groups in total. The molecule has 3 rings (SSSR count). The van der Waals surface area contributed by atoms with Gasteiger partial charge in [-0.1, -0.05) is 30.3 Å². The monoisotopic (exact) mass is 255 g/mol. The lowest BCUT2D eigenvalue weighted by Crippen LogP contribution is -2.09. The van der Waals surface area contributed by atoms with Crippen LogP contribution in [0.5, 0.6) is 0 Å². The highest BCUT2D eigenvalue weighted by Crippen LogP contribution is 2.28. The number of hydrogen-bond acceptors (Lipinski definition) is 1. The van der Waals surface area contributed by atoms with E-state index in [9.17, 15) is 4.39 Å². The van der Waals surface area contributed by atoms with E-state index in [4.69, 9.17) is 0 Å². The molecule has 0 aliphatic heterocycles. The molecule has 1 aliphatic carbocycles. The average molecular weight is 255 g/mol. The summed E-state index contributed by atoms with van der Waals surface area (Å²) in [5.41, 5.74) is 4.76. The topological polar surface area (TPSA) is 12.0 Å². The van der Waals surface area contributed by atoms with E-state index in [2.05, 4.69) is 23.5 Å². The molecule has 0 radical (unpaired) electrons. The molecule has 2 heteroatoms. The minimum atomic E-state index is -0.139. The number of fused-ring (bicyclic) bond motifs is 1. The number of nitrogens with one attached hydrogen (secondary N) is 1. The zero-order valence-electron chi connectivity index (χ0n) is 11.0. The van der Waals surface area contributed by atoms with E-state index < -0.39 is 0 Å². The predicted molar refractivity (Wildman–Crippen MR) is 76.8 cm³/mol. The van der Waals surface area contributed by atoms with Crippen LogP contribution in [0.2, 0.25) is 0 Å². The van der Waals surface area contributed by atoms with E-state index in [0.717, 1.165) is 12.0 Å². The Kier molecular flexibility index (Phi) is 3.49. The molecule has 0 heterocycles. The first-order chi connectivity index (χ1) is 9.34. The fourth-order valence-electron chi connectivity index (χ4n) is 2.78. The second-order valence-corrected chi connectivity index (χ2v) is 5.10. The molecule has 0 bridgehead atoms. The van der Waals surface area contributed by atoms with Gasteiger partial charge >= 0.3 is 0 Å². The van der Waals surface area contributed by atoms with Crippen molar-refractivity contribution >= 4 is 5.69 Å². The van der Waals surface area contributed by atoms with Gasteiger partial charge in [0.1, 0.15) is 5.82 Å². The Morgan fingerprint density at radius 3 is 2.68 bits per heavy atom. The normalized spacial score (nSPS) is 13.9. The first-order valence-corrected chi connectivity index (χ1v) is 6.92. The van der Waals surface area contributed by atoms with Crippen LogP contribution < -0.4 is 5.32 Å². The molecule has 19 heavy (non-hydrogen) atoms. The fraction of sp³-hybridized carbons (Fsp3) is 0.294. The Morgan fingerprint density at radius 1 is 0.947 bits per heavy atom. The fourth-order valence-corrected chi connectivity index (χ4v) is 2.78. The highest BCUT2D eigenvalue weighted by molar-refractivity contribution is 5.55. The number of anilines is 1. The Morgan fingerprint density at radius 2 is 1.79 bits per heavy atom. The first kappa shape index (κ1) is 12.2. The molecule has 0 aromatic heterocycles. The van der Waals surface area contributed by atoms with E-state index in [-0.39, 0.29) is 5.82 Å². The van der Waals surface area contributed by atoms with Crippen LogP contribution in [0.1, 0.15) is 29.5 Å². The van der Waals surface area contributed by atoms with Gasteiger partial charge < -0.3 is 5.32 Å². The van der Waals surface area contributed by atoms with E-state index in [0.29, 0.717) is 6.54 Å². The molecule has 0 saturated heterocycles. The van der Waals surface area contributed by atoms with E-state index in [1.807, 2.05) is 12.1 Å². The third kappa shape index (κ3) is 2.62. The first-order valence-electron chi connectivity index (χ1n) is 6.92. The van der Waals surface area contributed by atoms with Gasteiger partial charge in [-0.05, 0) is 48.9 Å². The molecule has 1 aliphatic rings. The van der Waals surface area contributed by atoms with Crippen molar-refractivity contribution in [1.29, 1.82) is 0 Å². The van der Waals surface area contributed by atoms with Crippen LogP contribution >= 0.6 is 0 Å². The van der Waals surface area contributed by atoms with Crippen molar-refractivity contribution in [3.05, 3.63) is 65.0 Å². The molecule has 0 saturated carbocycles. The zero-order valence-corrected chi connectivity index (χ0v) is 11.0. The van der Waals surface area contributed by atoms with Crippen LogP contribution in [0.15, 0.2) is 42.5 Å². The van der Waals surface area contributed by atoms with Gasteiger partial charge in [-0.3, -0.25) is 0 Å². The molecule has 2 aromatic carbocycles. The maximum atomic E-state index is 13.6. The second kappa shape index (κ2) is 5.43. The van der Waals surface area contributed by atoms with Crippen molar-refractivity contribution < 1.29 is 4.39 Å². The van der Waals surface area contributed by atoms with Crippen LogP contribution in [0.4, 0.5) is 10.1 Å². The molecule has 98 valence electrons. The Bertz CT molecular complexity index is 577. The summed E-state index contributed by atoms with van der Waals surface area (Å²) in [4.78, 5) is 0. The van der Waals surface area contributed by atoms with Gasteiger partial charge in [0.25, 0.3) is 0 Å². The third-order valence-electron chi connectivity index (χ3n) is 3.82. The van der Waals surface area contributed by atoms with Crippen molar-refractivity contribution in [2.45, 2.75) is 32.2 Å². The molecular weight excluding hydrogens is 237 g/mol. The van der Waals surface area contributed by atoms with Gasteiger partial charge in [0.05, 0.1) is 0 Å². The van der Waals surface area contributed by atoms with Crippen molar-refractivity contribution in [3.8, 4) is 0 Å². The summed E-state index contributed by atoms with van der Waals surface area (Å²) in [5, 5.41) is 3.39. The minimum Gasteiger partial charge on any atom is -0.381 e. The molecule has 0 unspecified atom stereocenters. The highest BCUT2D eigenvalue weighted by atomic mass is 19.1. The van der Waals surface area contributed by atoms with Crippen molar-refractivity contribution in [1.82, 2.24) is 0 Å². The van der Waals surface area contributed by atoms with Crippen LogP contribution in [0, 0.1) is 5.82 Å². The number of halogens is 1. The summed E-state index contributed by atoms with van der Waals surface area (Å²) in [6.45, 7) is 0.545. The Balaban J connectivity index is 1.79. The lowest BCUT2D eigenvalue weighted by Gasteiger charge is -2.20. The van der Waals surface area contributed by atoms with E-state index >= 15 is 0 Å². The van der Waals surface area contributed by atoms with Crippen LogP contribution in [-0.2, 0) is 19.4 Å². The van der Waals surface area contributed by atoms with E-state index in [1.54, 1.807) is 6.07 Å². The molecule has 1 nitrogen and oxygen atoms in total. The van der Waals surface area contributed by atoms with Crippen molar-refractivity contribution in [2.75, 3.05) is 5.32 Å². The van der Waals surface area contributed by atoms with Gasteiger partial charge in [0, 0.05) is 17.8 Å². The average Bonchev–Trinajstić information content (AvgIpc) is 2.46. The van der Waals surface area contributed by atoms with Crippen LogP contribution in [0.25, 0.3) is 0 Å². The summed E-state index contributed by atoms with van der Waals surface area (Å²) in [5.74, 6) is -0.139. The van der Waals surface area contributed by atoms with Gasteiger partial charge in [0.2, 0.25) is 0 Å². The second-order valence-electron chi connectivity index (χ2n) is 5.10. The van der Waals surface area contributed by atoms with Crippen LogP contribution in [0.3, 0.4) is 0 Å². The summed E-state index contributed by atoms with van der Waals surface area (Å²) in [6.07, 6.45) is 4.84. The summed E-state index contributed by atoms with van der Waals surface area (Å²) in [7, 11) is 0. The molecule has 0 atom stereocenters. The lowest BCUT2D eigenvalue weighted by molar-refractivity contribution is 0.613. The van der Waals surface area contributed by atoms with Gasteiger partial charge in [-0.25, -0.2) is 4.39 Å². The smallest absolute Gasteiger partial charge is 0.128 e. The van der Waals surface area contributed by atoms with Gasteiger partial charge in [-0.15, -0.1) is 0 Å². The van der Waals surface area contributed by atoms with Gasteiger partial charge in [0.15, 0.2) is 0 Å². The lowest BCUT2D eigenvalue weighted by atomic mass is 9.90. The maximum Gasteiger partial charge on any atom is 0.128 e. The Hall–Kier alpha value is -1.83. The van der Waals surface area contributed by atoms with Gasteiger partial charge in [-0.2, -0.15) is 0 Å². The highest BCUT2D eigenvalue weighted by Gasteiger charge is 2.12. The molecular formula is C17H18FN. The molecule has 0 fully saturated rings. The number of benzene rings is 2. The number of aryl methyl sites for hydroxylation is 1. The largest absolute Gasteiger partial charge is 0.381 e. The quantitative estimate of drug-likeness (QED) is 0.861. The SMILES string of the molecule is Fc1ccccc1CNc1cccc2c1CCCC2. The van der Waals surface area contributed by atoms with E-state index in [1.165, 1.54) is 42.1 Å². The van der Waals surface area contributed by atoms with Crippen molar-refractivity contribution in [2.24, 2.45) is 0 Å². The van der Waals surface area contributed by atoms with Crippen molar-refractivity contribution in [3.63, 3.8) is 0 Å². The number of hydrogen-bond donors (Lipinski definition) is 1. The summed E-state index contributed by atoms with van der Waals surface area (Å²) < 4.78 is 13.6. The minimum absolute atomic E-state index is 0.139. The summed E-state index contributed by atoms with van der Waals surface area (Å²) in [6, 6.07) is 13.3. The number of rotatable bonds is 3. The molecule has 0 amide bonds. The predicted octanol–water partition coefficient (Wildman–Crippen LogP) is 4.32. The third-order valence-corrected chi connectivity index (χ3v) is 3.82. The Labute approximate surface area is 113 Å². The standard InChI is InChI=1S/C17H18FN/c18-16-10-4-2-7-14(16)12-19-17-11-5-8-13-6-1-3-9-15(13)17/h2,4-5,7-8,10-11,19H,1,3,6,9,12H2. The maximum absolute atomic E-state index is 13.6. The van der Waals surface area contributed by atoms with Crippen LogP contribution in [-0.4, -0.2) is 0 Å². The molecule has 0 spiro atoms. The molecule has 2 aromatic rings. The summed E-state index contributed by atoms with van der Waals surface area (Å²) >= 11 is 0.